The van der Waals surface area contributed by atoms with Gasteiger partial charge in [-0.2, -0.15) is 0 Å². The maximum absolute atomic E-state index is 4.96. The fourth-order valence-electron chi connectivity index (χ4n) is 4.32. The van der Waals surface area contributed by atoms with Gasteiger partial charge in [0, 0.05) is 45.7 Å². The van der Waals surface area contributed by atoms with Crippen molar-refractivity contribution in [2.24, 2.45) is 0 Å². The van der Waals surface area contributed by atoms with E-state index in [-0.39, 0.29) is 0 Å². The lowest BCUT2D eigenvalue weighted by atomic mass is 10.2. The molecule has 2 aliphatic heterocycles. The van der Waals surface area contributed by atoms with Crippen LogP contribution in [0.25, 0.3) is 11.2 Å². The van der Waals surface area contributed by atoms with Crippen LogP contribution in [0, 0.1) is 0 Å². The number of aryl methyl sites for hydroxylation is 2. The first-order valence-electron chi connectivity index (χ1n) is 10.1. The van der Waals surface area contributed by atoms with Gasteiger partial charge < -0.3 is 9.47 Å². The monoisotopic (exact) mass is 362 g/mol. The zero-order chi connectivity index (χ0) is 18.1. The van der Waals surface area contributed by atoms with Crippen molar-refractivity contribution in [2.45, 2.75) is 38.8 Å². The van der Waals surface area contributed by atoms with Gasteiger partial charge in [0.1, 0.15) is 12.2 Å². The van der Waals surface area contributed by atoms with Gasteiger partial charge in [-0.15, -0.1) is 0 Å². The number of anilines is 1. The molecule has 0 radical (unpaired) electrons. The molecule has 0 unspecified atom stereocenters. The zero-order valence-electron chi connectivity index (χ0n) is 15.7. The largest absolute Gasteiger partial charge is 0.352 e. The van der Waals surface area contributed by atoms with Crippen LogP contribution in [0.5, 0.6) is 0 Å². The van der Waals surface area contributed by atoms with Crippen LogP contribution in [0.3, 0.4) is 0 Å². The fourth-order valence-corrected chi connectivity index (χ4v) is 4.32. The highest BCUT2D eigenvalue weighted by molar-refractivity contribution is 5.84. The Hall–Kier alpha value is -2.47. The van der Waals surface area contributed by atoms with Gasteiger partial charge in [0.2, 0.25) is 0 Å². The molecule has 2 aliphatic rings. The van der Waals surface area contributed by atoms with E-state index in [0.29, 0.717) is 0 Å². The minimum absolute atomic E-state index is 0.987. The first-order valence-corrected chi connectivity index (χ1v) is 10.1. The Kier molecular flexibility index (Phi) is 4.49. The van der Waals surface area contributed by atoms with Crippen LogP contribution < -0.4 is 4.90 Å². The van der Waals surface area contributed by atoms with Crippen molar-refractivity contribution in [3.8, 4) is 0 Å². The highest BCUT2D eigenvalue weighted by Gasteiger charge is 2.23. The SMILES string of the molecule is c1ccc(CN2CCN(c3ncnc4c3nc3n4CCCCC3)CC2)cc1. The average molecular weight is 362 g/mol. The van der Waals surface area contributed by atoms with Crippen molar-refractivity contribution in [3.63, 3.8) is 0 Å². The lowest BCUT2D eigenvalue weighted by Gasteiger charge is -2.35. The Morgan fingerprint density at radius 1 is 0.852 bits per heavy atom. The first-order chi connectivity index (χ1) is 13.4. The van der Waals surface area contributed by atoms with E-state index in [1.807, 2.05) is 0 Å². The minimum Gasteiger partial charge on any atom is -0.352 e. The maximum atomic E-state index is 4.96. The topological polar surface area (TPSA) is 50.1 Å². The molecule has 2 aromatic heterocycles. The molecule has 140 valence electrons. The van der Waals surface area contributed by atoms with E-state index in [1.54, 1.807) is 6.33 Å². The number of imidazole rings is 1. The molecule has 0 bridgehead atoms. The summed E-state index contributed by atoms with van der Waals surface area (Å²) in [6.07, 6.45) is 6.50. The predicted octanol–water partition coefficient (Wildman–Crippen LogP) is 2.87. The second kappa shape index (κ2) is 7.27. The number of piperazine rings is 1. The molecule has 6 heteroatoms. The van der Waals surface area contributed by atoms with E-state index in [1.165, 1.54) is 30.7 Å². The number of nitrogens with zero attached hydrogens (tertiary/aromatic N) is 6. The molecule has 4 heterocycles. The molecule has 3 aromatic rings. The summed E-state index contributed by atoms with van der Waals surface area (Å²) in [6, 6.07) is 10.7. The van der Waals surface area contributed by atoms with Gasteiger partial charge in [0.25, 0.3) is 0 Å². The number of rotatable bonds is 3. The second-order valence-electron chi connectivity index (χ2n) is 7.61. The molecule has 1 saturated heterocycles. The maximum Gasteiger partial charge on any atom is 0.165 e. The van der Waals surface area contributed by atoms with Crippen LogP contribution in [-0.4, -0.2) is 50.6 Å². The van der Waals surface area contributed by atoms with Crippen molar-refractivity contribution in [3.05, 3.63) is 48.0 Å². The lowest BCUT2D eigenvalue weighted by molar-refractivity contribution is 0.249. The van der Waals surface area contributed by atoms with Gasteiger partial charge >= 0.3 is 0 Å². The third-order valence-corrected chi connectivity index (χ3v) is 5.79. The quantitative estimate of drug-likeness (QED) is 0.717. The Morgan fingerprint density at radius 3 is 2.56 bits per heavy atom. The van der Waals surface area contributed by atoms with Crippen molar-refractivity contribution in [2.75, 3.05) is 31.1 Å². The van der Waals surface area contributed by atoms with Crippen LogP contribution in [0.4, 0.5) is 5.82 Å². The molecule has 5 rings (SSSR count). The Labute approximate surface area is 159 Å². The smallest absolute Gasteiger partial charge is 0.165 e. The van der Waals surface area contributed by atoms with Crippen molar-refractivity contribution in [1.29, 1.82) is 0 Å². The van der Waals surface area contributed by atoms with Gasteiger partial charge in [-0.05, 0) is 18.4 Å². The van der Waals surface area contributed by atoms with Crippen LogP contribution >= 0.6 is 0 Å². The van der Waals surface area contributed by atoms with Gasteiger partial charge in [-0.25, -0.2) is 15.0 Å². The van der Waals surface area contributed by atoms with Gasteiger partial charge in [-0.1, -0.05) is 36.8 Å². The van der Waals surface area contributed by atoms with Crippen LogP contribution in [-0.2, 0) is 19.5 Å². The summed E-state index contributed by atoms with van der Waals surface area (Å²) in [5.41, 5.74) is 3.39. The average Bonchev–Trinajstić information content (AvgIpc) is 2.91. The lowest BCUT2D eigenvalue weighted by Crippen LogP contribution is -2.46. The van der Waals surface area contributed by atoms with E-state index in [0.717, 1.165) is 62.7 Å². The van der Waals surface area contributed by atoms with Crippen LogP contribution in [0.1, 0.15) is 30.7 Å². The van der Waals surface area contributed by atoms with Crippen molar-refractivity contribution >= 4 is 17.0 Å². The van der Waals surface area contributed by atoms with Gasteiger partial charge in [0.15, 0.2) is 17.0 Å². The molecule has 0 aliphatic carbocycles. The number of hydrogen-bond donors (Lipinski definition) is 0. The summed E-state index contributed by atoms with van der Waals surface area (Å²) in [4.78, 5) is 19.1. The standard InChI is InChI=1S/C21H26N6/c1-3-7-17(8-4-1)15-25-11-13-26(14-12-25)20-19-21(23-16-22-20)27-10-6-2-5-9-18(27)24-19/h1,3-4,7-8,16H,2,5-6,9-15H2. The molecule has 1 fully saturated rings. The molecule has 0 saturated carbocycles. The fraction of sp³-hybridized carbons (Fsp3) is 0.476. The molecule has 1 aromatic carbocycles. The number of fused-ring (bicyclic) bond motifs is 3. The Balaban J connectivity index is 1.34. The molecule has 27 heavy (non-hydrogen) atoms. The Bertz CT molecular complexity index is 911. The third kappa shape index (κ3) is 3.30. The highest BCUT2D eigenvalue weighted by atomic mass is 15.3. The number of hydrogen-bond acceptors (Lipinski definition) is 5. The Morgan fingerprint density at radius 2 is 1.70 bits per heavy atom. The van der Waals surface area contributed by atoms with E-state index in [9.17, 15) is 0 Å². The minimum atomic E-state index is 0.987. The van der Waals surface area contributed by atoms with E-state index >= 15 is 0 Å². The summed E-state index contributed by atoms with van der Waals surface area (Å²) in [7, 11) is 0. The molecule has 0 amide bonds. The first kappa shape index (κ1) is 16.7. The van der Waals surface area contributed by atoms with Crippen LogP contribution in [0.15, 0.2) is 36.7 Å². The van der Waals surface area contributed by atoms with Crippen molar-refractivity contribution < 1.29 is 0 Å². The van der Waals surface area contributed by atoms with Crippen molar-refractivity contribution in [1.82, 2.24) is 24.4 Å². The zero-order valence-corrected chi connectivity index (χ0v) is 15.7. The summed E-state index contributed by atoms with van der Waals surface area (Å²) in [6.45, 7) is 6.13. The summed E-state index contributed by atoms with van der Waals surface area (Å²) in [5.74, 6) is 2.20. The highest BCUT2D eigenvalue weighted by Crippen LogP contribution is 2.27. The molecule has 0 atom stereocenters. The molecule has 0 spiro atoms. The van der Waals surface area contributed by atoms with Crippen LogP contribution in [0.2, 0.25) is 0 Å². The predicted molar refractivity (Wildman–Crippen MR) is 107 cm³/mol. The molecule has 0 N–H and O–H groups in total. The third-order valence-electron chi connectivity index (χ3n) is 5.79. The number of aromatic nitrogens is 4. The van der Waals surface area contributed by atoms with Gasteiger partial charge in [0.05, 0.1) is 0 Å². The molecule has 6 nitrogen and oxygen atoms in total. The molecular formula is C21H26N6. The van der Waals surface area contributed by atoms with E-state index < -0.39 is 0 Å². The summed E-state index contributed by atoms with van der Waals surface area (Å²) in [5, 5.41) is 0. The normalized spacial score (nSPS) is 18.4. The summed E-state index contributed by atoms with van der Waals surface area (Å²) >= 11 is 0. The van der Waals surface area contributed by atoms with E-state index in [4.69, 9.17) is 4.98 Å². The molecular weight excluding hydrogens is 336 g/mol. The number of benzene rings is 1. The summed E-state index contributed by atoms with van der Waals surface area (Å²) < 4.78 is 2.32. The second-order valence-corrected chi connectivity index (χ2v) is 7.61. The van der Waals surface area contributed by atoms with Gasteiger partial charge in [-0.3, -0.25) is 4.90 Å². The van der Waals surface area contributed by atoms with E-state index in [2.05, 4.69) is 54.7 Å².